The summed E-state index contributed by atoms with van der Waals surface area (Å²) < 4.78 is 49.9. The Kier molecular flexibility index (Phi) is 9.46. The Morgan fingerprint density at radius 2 is 0.909 bits per heavy atom. The van der Waals surface area contributed by atoms with Gasteiger partial charge in [0.2, 0.25) is 0 Å². The highest BCUT2D eigenvalue weighted by Gasteiger charge is 2.35. The average molecular weight is 859 g/mol. The van der Waals surface area contributed by atoms with Crippen LogP contribution in [0.2, 0.25) is 0 Å². The van der Waals surface area contributed by atoms with E-state index in [1.807, 2.05) is 60.7 Å². The molecule has 2 heterocycles. The first kappa shape index (κ1) is 40.1. The van der Waals surface area contributed by atoms with Gasteiger partial charge in [0.05, 0.1) is 56.6 Å². The molecule has 0 amide bonds. The monoisotopic (exact) mass is 858 g/mol. The standard InChI is InChI=1S/C59H37F3N4/c1-36-9-7-11-40(27-36)42-19-25-56-51(31-42)47-13-3-5-15-54(47)65(56)44-21-23-45(46-22-17-39(35-64)30-53(46)59(60,61)62)49(33-44)50-29-38(34-63)18-24-57(50)66-55-16-6-4-14-48(55)52-32-43(20-26-58(52)66)41-12-8-10-37(2)28-41/h3-33H,1-2H3. The number of nitrogens with zero attached hydrogens (tertiary/aromatic N) is 4. The number of hydrogen-bond acceptors (Lipinski definition) is 2. The molecule has 0 N–H and O–H groups in total. The van der Waals surface area contributed by atoms with Crippen LogP contribution in [0.4, 0.5) is 13.2 Å². The van der Waals surface area contributed by atoms with Crippen molar-refractivity contribution in [3.63, 3.8) is 0 Å². The highest BCUT2D eigenvalue weighted by Crippen LogP contribution is 2.46. The molecular formula is C59H37F3N4. The zero-order chi connectivity index (χ0) is 45.3. The number of nitriles is 2. The van der Waals surface area contributed by atoms with E-state index < -0.39 is 11.7 Å². The maximum atomic E-state index is 15.2. The molecule has 11 rings (SSSR count). The van der Waals surface area contributed by atoms with Crippen molar-refractivity contribution in [3.8, 4) is 68.0 Å². The van der Waals surface area contributed by atoms with Crippen LogP contribution in [0.15, 0.2) is 188 Å². The SMILES string of the molecule is Cc1cccc(-c2ccc3c(c2)c2ccccc2n3-c2ccc(-c3ccc(C#N)cc3C(F)(F)F)c(-c3cc(C#N)ccc3-n3c4ccccc4c4cc(-c5cccc(C)c5)ccc43)c2)c1. The van der Waals surface area contributed by atoms with E-state index in [2.05, 4.69) is 126 Å². The molecule has 0 aliphatic carbocycles. The maximum absolute atomic E-state index is 15.2. The van der Waals surface area contributed by atoms with Crippen molar-refractivity contribution in [2.75, 3.05) is 0 Å². The zero-order valence-electron chi connectivity index (χ0n) is 35.8. The van der Waals surface area contributed by atoms with Gasteiger partial charge >= 0.3 is 6.18 Å². The molecule has 0 bridgehead atoms. The minimum Gasteiger partial charge on any atom is -0.309 e. The third-order valence-electron chi connectivity index (χ3n) is 12.7. The summed E-state index contributed by atoms with van der Waals surface area (Å²) >= 11 is 0. The lowest BCUT2D eigenvalue weighted by Crippen LogP contribution is -2.08. The summed E-state index contributed by atoms with van der Waals surface area (Å²) in [5, 5.41) is 24.3. The second-order valence-electron chi connectivity index (χ2n) is 16.9. The van der Waals surface area contributed by atoms with Crippen molar-refractivity contribution in [1.82, 2.24) is 9.13 Å². The van der Waals surface area contributed by atoms with Crippen LogP contribution in [-0.2, 0) is 6.18 Å². The summed E-state index contributed by atoms with van der Waals surface area (Å²) in [6.07, 6.45) is -4.78. The molecule has 0 saturated carbocycles. The van der Waals surface area contributed by atoms with E-state index in [4.69, 9.17) is 0 Å². The highest BCUT2D eigenvalue weighted by molar-refractivity contribution is 6.12. The number of fused-ring (bicyclic) bond motifs is 6. The predicted octanol–water partition coefficient (Wildman–Crippen LogP) is 15.9. The highest BCUT2D eigenvalue weighted by atomic mass is 19.4. The topological polar surface area (TPSA) is 57.4 Å². The van der Waals surface area contributed by atoms with Gasteiger partial charge in [-0.1, -0.05) is 120 Å². The third kappa shape index (κ3) is 6.69. The summed E-state index contributed by atoms with van der Waals surface area (Å²) in [5.74, 6) is 0. The smallest absolute Gasteiger partial charge is 0.309 e. The number of halogens is 3. The molecule has 0 radical (unpaired) electrons. The largest absolute Gasteiger partial charge is 0.417 e. The van der Waals surface area contributed by atoms with Crippen molar-refractivity contribution in [3.05, 3.63) is 216 Å². The minimum atomic E-state index is -4.78. The Bertz CT molecular complexity index is 3870. The van der Waals surface area contributed by atoms with Gasteiger partial charge in [0, 0.05) is 32.8 Å². The van der Waals surface area contributed by atoms with Crippen LogP contribution in [-0.4, -0.2) is 9.13 Å². The molecule has 4 nitrogen and oxygen atoms in total. The van der Waals surface area contributed by atoms with Gasteiger partial charge < -0.3 is 9.13 Å². The number of aromatic nitrogens is 2. The summed E-state index contributed by atoms with van der Waals surface area (Å²) in [6.45, 7) is 4.15. The van der Waals surface area contributed by atoms with Crippen LogP contribution < -0.4 is 0 Å². The van der Waals surface area contributed by atoms with E-state index in [0.717, 1.165) is 88.7 Å². The Morgan fingerprint density at radius 3 is 1.50 bits per heavy atom. The van der Waals surface area contributed by atoms with Crippen LogP contribution in [0.5, 0.6) is 0 Å². The summed E-state index contributed by atoms with van der Waals surface area (Å²) in [4.78, 5) is 0. The van der Waals surface area contributed by atoms with E-state index in [0.29, 0.717) is 27.9 Å². The molecule has 314 valence electrons. The van der Waals surface area contributed by atoms with Crippen molar-refractivity contribution in [2.24, 2.45) is 0 Å². The molecule has 7 heteroatoms. The van der Waals surface area contributed by atoms with Gasteiger partial charge in [-0.25, -0.2) is 0 Å². The number of alkyl halides is 3. The minimum absolute atomic E-state index is 0.0774. The number of hydrogen-bond donors (Lipinski definition) is 0. The molecule has 0 fully saturated rings. The zero-order valence-corrected chi connectivity index (χ0v) is 35.8. The quantitative estimate of drug-likeness (QED) is 0.167. The molecule has 0 saturated heterocycles. The van der Waals surface area contributed by atoms with Crippen molar-refractivity contribution in [1.29, 1.82) is 10.5 Å². The molecule has 0 unspecified atom stereocenters. The van der Waals surface area contributed by atoms with Gasteiger partial charge in [-0.3, -0.25) is 0 Å². The number of para-hydroxylation sites is 2. The van der Waals surface area contributed by atoms with Crippen molar-refractivity contribution in [2.45, 2.75) is 20.0 Å². The Balaban J connectivity index is 1.21. The van der Waals surface area contributed by atoms with Gasteiger partial charge in [-0.2, -0.15) is 23.7 Å². The van der Waals surface area contributed by atoms with Crippen LogP contribution >= 0.6 is 0 Å². The number of benzene rings is 9. The lowest BCUT2D eigenvalue weighted by Gasteiger charge is -2.21. The van der Waals surface area contributed by atoms with Crippen molar-refractivity contribution >= 4 is 43.6 Å². The maximum Gasteiger partial charge on any atom is 0.417 e. The van der Waals surface area contributed by atoms with Gasteiger partial charge in [-0.15, -0.1) is 0 Å². The van der Waals surface area contributed by atoms with Gasteiger partial charge in [-0.05, 0) is 132 Å². The fourth-order valence-corrected chi connectivity index (χ4v) is 9.72. The molecule has 9 aromatic carbocycles. The fraction of sp³-hybridized carbons (Fsp3) is 0.0508. The molecule has 11 aromatic rings. The third-order valence-corrected chi connectivity index (χ3v) is 12.7. The fourth-order valence-electron chi connectivity index (χ4n) is 9.72. The average Bonchev–Trinajstić information content (AvgIpc) is 3.85. The molecule has 0 aliphatic heterocycles. The molecule has 0 aliphatic rings. The number of aryl methyl sites for hydroxylation is 2. The van der Waals surface area contributed by atoms with E-state index in [9.17, 15) is 10.5 Å². The Hall–Kier alpha value is -8.65. The van der Waals surface area contributed by atoms with Crippen LogP contribution in [0, 0.1) is 36.5 Å². The van der Waals surface area contributed by atoms with Gasteiger partial charge in [0.25, 0.3) is 0 Å². The lowest BCUT2D eigenvalue weighted by atomic mass is 9.89. The van der Waals surface area contributed by atoms with Crippen LogP contribution in [0.25, 0.3) is 99.5 Å². The summed E-state index contributed by atoms with van der Waals surface area (Å²) in [6, 6.07) is 64.7. The van der Waals surface area contributed by atoms with E-state index in [1.54, 1.807) is 18.2 Å². The number of rotatable bonds is 6. The molecule has 0 atom stereocenters. The van der Waals surface area contributed by atoms with E-state index in [-0.39, 0.29) is 11.1 Å². The van der Waals surface area contributed by atoms with Crippen molar-refractivity contribution < 1.29 is 13.2 Å². The second-order valence-corrected chi connectivity index (χ2v) is 16.9. The second kappa shape index (κ2) is 15.6. The Morgan fingerprint density at radius 1 is 0.394 bits per heavy atom. The molecule has 2 aromatic heterocycles. The van der Waals surface area contributed by atoms with E-state index in [1.165, 1.54) is 12.1 Å². The molecule has 0 spiro atoms. The van der Waals surface area contributed by atoms with Crippen LogP contribution in [0.3, 0.4) is 0 Å². The normalized spacial score (nSPS) is 11.7. The lowest BCUT2D eigenvalue weighted by molar-refractivity contribution is -0.137. The predicted molar refractivity (Wildman–Crippen MR) is 261 cm³/mol. The first-order chi connectivity index (χ1) is 32.1. The van der Waals surface area contributed by atoms with Crippen LogP contribution in [0.1, 0.15) is 27.8 Å². The van der Waals surface area contributed by atoms with Gasteiger partial charge in [0.15, 0.2) is 0 Å². The summed E-state index contributed by atoms with van der Waals surface area (Å²) in [7, 11) is 0. The molecular weight excluding hydrogens is 822 g/mol. The van der Waals surface area contributed by atoms with E-state index >= 15 is 13.2 Å². The Labute approximate surface area is 378 Å². The summed E-state index contributed by atoms with van der Waals surface area (Å²) in [5.41, 5.74) is 12.3. The van der Waals surface area contributed by atoms with Gasteiger partial charge in [0.1, 0.15) is 0 Å². The first-order valence-corrected chi connectivity index (χ1v) is 21.6. The first-order valence-electron chi connectivity index (χ1n) is 21.6. The molecule has 66 heavy (non-hydrogen) atoms.